The van der Waals surface area contributed by atoms with Crippen LogP contribution in [0.5, 0.6) is 0 Å². The highest BCUT2D eigenvalue weighted by molar-refractivity contribution is 7.09. The minimum atomic E-state index is -0.282. The van der Waals surface area contributed by atoms with Gasteiger partial charge in [-0.05, 0) is 19.4 Å². The zero-order valence-corrected chi connectivity index (χ0v) is 14.6. The molecule has 0 aliphatic carbocycles. The van der Waals surface area contributed by atoms with Gasteiger partial charge in [0, 0.05) is 24.2 Å². The van der Waals surface area contributed by atoms with Crippen molar-refractivity contribution in [1.29, 1.82) is 0 Å². The van der Waals surface area contributed by atoms with Gasteiger partial charge in [-0.1, -0.05) is 30.3 Å². The van der Waals surface area contributed by atoms with Crippen molar-refractivity contribution in [2.45, 2.75) is 32.9 Å². The number of nitrogens with zero attached hydrogens (tertiary/aromatic N) is 3. The van der Waals surface area contributed by atoms with Crippen LogP contribution in [-0.4, -0.2) is 20.4 Å². The van der Waals surface area contributed by atoms with Crippen molar-refractivity contribution < 1.29 is 4.79 Å². The lowest BCUT2D eigenvalue weighted by Gasteiger charge is -2.14. The third-order valence-corrected chi connectivity index (χ3v) is 4.80. The fraction of sp³-hybridized carbons (Fsp3) is 0.278. The van der Waals surface area contributed by atoms with E-state index in [0.717, 1.165) is 22.9 Å². The number of imidazole rings is 1. The maximum Gasteiger partial charge on any atom is 0.243 e. The van der Waals surface area contributed by atoms with E-state index in [1.165, 1.54) is 5.56 Å². The second kappa shape index (κ2) is 7.40. The van der Waals surface area contributed by atoms with Crippen LogP contribution in [0.4, 0.5) is 0 Å². The SMILES string of the molecule is Cc1nccn1[C@H](C)C(=O)NCc1csc(Cc2ccccc2)n1. The van der Waals surface area contributed by atoms with Crippen molar-refractivity contribution >= 4 is 17.2 Å². The van der Waals surface area contributed by atoms with E-state index < -0.39 is 0 Å². The van der Waals surface area contributed by atoms with Crippen molar-refractivity contribution in [3.8, 4) is 0 Å². The molecule has 0 fully saturated rings. The second-order valence-electron chi connectivity index (χ2n) is 5.67. The summed E-state index contributed by atoms with van der Waals surface area (Å²) in [6.07, 6.45) is 4.35. The van der Waals surface area contributed by atoms with Crippen molar-refractivity contribution in [3.05, 3.63) is 70.2 Å². The third kappa shape index (κ3) is 3.89. The van der Waals surface area contributed by atoms with E-state index in [-0.39, 0.29) is 11.9 Å². The molecule has 124 valence electrons. The van der Waals surface area contributed by atoms with Gasteiger partial charge >= 0.3 is 0 Å². The average molecular weight is 340 g/mol. The third-order valence-electron chi connectivity index (χ3n) is 3.90. The molecule has 3 rings (SSSR count). The minimum Gasteiger partial charge on any atom is -0.349 e. The first-order chi connectivity index (χ1) is 11.6. The van der Waals surface area contributed by atoms with Gasteiger partial charge in [0.15, 0.2) is 0 Å². The smallest absolute Gasteiger partial charge is 0.243 e. The normalized spacial score (nSPS) is 12.1. The van der Waals surface area contributed by atoms with E-state index in [1.807, 2.05) is 48.2 Å². The number of aromatic nitrogens is 3. The Hall–Kier alpha value is -2.47. The molecule has 5 nitrogen and oxygen atoms in total. The van der Waals surface area contributed by atoms with Crippen molar-refractivity contribution in [2.24, 2.45) is 0 Å². The zero-order chi connectivity index (χ0) is 16.9. The van der Waals surface area contributed by atoms with Crippen LogP contribution in [0.2, 0.25) is 0 Å². The maximum atomic E-state index is 12.3. The van der Waals surface area contributed by atoms with Crippen LogP contribution in [0.3, 0.4) is 0 Å². The second-order valence-corrected chi connectivity index (χ2v) is 6.61. The molecule has 6 heteroatoms. The fourth-order valence-corrected chi connectivity index (χ4v) is 3.36. The van der Waals surface area contributed by atoms with Crippen LogP contribution >= 0.6 is 11.3 Å². The molecule has 3 aromatic rings. The summed E-state index contributed by atoms with van der Waals surface area (Å²) in [5.74, 6) is 0.796. The van der Waals surface area contributed by atoms with Crippen molar-refractivity contribution in [3.63, 3.8) is 0 Å². The Morgan fingerprint density at radius 3 is 2.83 bits per heavy atom. The number of hydrogen-bond acceptors (Lipinski definition) is 4. The quantitative estimate of drug-likeness (QED) is 0.750. The highest BCUT2D eigenvalue weighted by Gasteiger charge is 2.16. The Morgan fingerprint density at radius 1 is 1.33 bits per heavy atom. The Balaban J connectivity index is 1.55. The highest BCUT2D eigenvalue weighted by atomic mass is 32.1. The van der Waals surface area contributed by atoms with Gasteiger partial charge in [-0.3, -0.25) is 4.79 Å². The van der Waals surface area contributed by atoms with Crippen LogP contribution < -0.4 is 5.32 Å². The number of aryl methyl sites for hydroxylation is 1. The predicted octanol–water partition coefficient (Wildman–Crippen LogP) is 3.12. The molecule has 0 bridgehead atoms. The van der Waals surface area contributed by atoms with Gasteiger partial charge in [-0.2, -0.15) is 0 Å². The number of carbonyl (C=O) groups excluding carboxylic acids is 1. The van der Waals surface area contributed by atoms with Gasteiger partial charge in [0.2, 0.25) is 5.91 Å². The van der Waals surface area contributed by atoms with E-state index in [2.05, 4.69) is 27.4 Å². The predicted molar refractivity (Wildman–Crippen MR) is 94.9 cm³/mol. The summed E-state index contributed by atoms with van der Waals surface area (Å²) < 4.78 is 1.86. The molecule has 0 spiro atoms. The topological polar surface area (TPSA) is 59.8 Å². The fourth-order valence-electron chi connectivity index (χ4n) is 2.53. The van der Waals surface area contributed by atoms with E-state index >= 15 is 0 Å². The number of nitrogens with one attached hydrogen (secondary N) is 1. The van der Waals surface area contributed by atoms with Crippen molar-refractivity contribution in [2.75, 3.05) is 0 Å². The van der Waals surface area contributed by atoms with Gasteiger partial charge in [-0.15, -0.1) is 11.3 Å². The van der Waals surface area contributed by atoms with Crippen LogP contribution in [0.25, 0.3) is 0 Å². The summed E-state index contributed by atoms with van der Waals surface area (Å²) in [5, 5.41) is 6.01. The van der Waals surface area contributed by atoms with Gasteiger partial charge in [0.05, 0.1) is 17.2 Å². The Kier molecular flexibility index (Phi) is 5.05. The molecule has 0 aliphatic rings. The molecule has 0 unspecified atom stereocenters. The molecule has 1 amide bonds. The maximum absolute atomic E-state index is 12.3. The van der Waals surface area contributed by atoms with E-state index in [4.69, 9.17) is 0 Å². The number of benzene rings is 1. The lowest BCUT2D eigenvalue weighted by Crippen LogP contribution is -2.30. The summed E-state index contributed by atoms with van der Waals surface area (Å²) in [6, 6.07) is 9.98. The molecule has 1 N–H and O–H groups in total. The molecule has 1 aromatic carbocycles. The number of hydrogen-bond donors (Lipinski definition) is 1. The molecule has 0 radical (unpaired) electrons. The van der Waals surface area contributed by atoms with Crippen LogP contribution in [0, 0.1) is 6.92 Å². The summed E-state index contributed by atoms with van der Waals surface area (Å²) in [7, 11) is 0. The van der Waals surface area contributed by atoms with E-state index in [9.17, 15) is 4.79 Å². The van der Waals surface area contributed by atoms with E-state index in [0.29, 0.717) is 6.54 Å². The van der Waals surface area contributed by atoms with Crippen LogP contribution in [0.15, 0.2) is 48.1 Å². The van der Waals surface area contributed by atoms with E-state index in [1.54, 1.807) is 17.5 Å². The average Bonchev–Trinajstić information content (AvgIpc) is 3.22. The highest BCUT2D eigenvalue weighted by Crippen LogP contribution is 2.15. The zero-order valence-electron chi connectivity index (χ0n) is 13.8. The van der Waals surface area contributed by atoms with Gasteiger partial charge in [0.25, 0.3) is 0 Å². The molecule has 1 atom stereocenters. The van der Waals surface area contributed by atoms with Gasteiger partial charge in [-0.25, -0.2) is 9.97 Å². The summed E-state index contributed by atoms with van der Waals surface area (Å²) in [5.41, 5.74) is 2.14. The first kappa shape index (κ1) is 16.4. The number of rotatable bonds is 6. The molecule has 24 heavy (non-hydrogen) atoms. The summed E-state index contributed by atoms with van der Waals surface area (Å²) >= 11 is 1.63. The Morgan fingerprint density at radius 2 is 2.12 bits per heavy atom. The molecular weight excluding hydrogens is 320 g/mol. The molecule has 0 saturated heterocycles. The van der Waals surface area contributed by atoms with Gasteiger partial charge in [0.1, 0.15) is 11.9 Å². The van der Waals surface area contributed by atoms with Crippen molar-refractivity contribution in [1.82, 2.24) is 19.9 Å². The molecule has 0 aliphatic heterocycles. The molecule has 0 saturated carbocycles. The minimum absolute atomic E-state index is 0.0336. The number of thiazole rings is 1. The summed E-state index contributed by atoms with van der Waals surface area (Å²) in [4.78, 5) is 21.0. The number of carbonyl (C=O) groups is 1. The molecular formula is C18H20N4OS. The van der Waals surface area contributed by atoms with Crippen LogP contribution in [0.1, 0.15) is 35.1 Å². The largest absolute Gasteiger partial charge is 0.349 e. The Bertz CT molecular complexity index is 809. The Labute approximate surface area is 145 Å². The first-order valence-electron chi connectivity index (χ1n) is 7.88. The standard InChI is InChI=1S/C18H20N4OS/c1-13(22-9-8-19-14(22)2)18(23)20-11-16-12-24-17(21-16)10-15-6-4-3-5-7-15/h3-9,12-13H,10-11H2,1-2H3,(H,20,23)/t13-/m1/s1. The lowest BCUT2D eigenvalue weighted by atomic mass is 10.2. The first-order valence-corrected chi connectivity index (χ1v) is 8.76. The number of amides is 1. The summed E-state index contributed by atoms with van der Waals surface area (Å²) in [6.45, 7) is 4.20. The van der Waals surface area contributed by atoms with Crippen LogP contribution in [-0.2, 0) is 17.8 Å². The monoisotopic (exact) mass is 340 g/mol. The van der Waals surface area contributed by atoms with Gasteiger partial charge < -0.3 is 9.88 Å². The lowest BCUT2D eigenvalue weighted by molar-refractivity contribution is -0.124. The molecule has 2 heterocycles. The molecule has 2 aromatic heterocycles.